The van der Waals surface area contributed by atoms with Crippen molar-refractivity contribution in [2.75, 3.05) is 4.72 Å². The summed E-state index contributed by atoms with van der Waals surface area (Å²) >= 11 is 3.07. The number of aromatic nitrogens is 1. The van der Waals surface area contributed by atoms with Gasteiger partial charge in [0.2, 0.25) is 0 Å². The minimum Gasteiger partial charge on any atom is -0.392 e. The van der Waals surface area contributed by atoms with Gasteiger partial charge in [-0.25, -0.2) is 9.37 Å². The molecule has 2 rings (SSSR count). The zero-order valence-corrected chi connectivity index (χ0v) is 12.4. The monoisotopic (exact) mass is 360 g/mol. The molecule has 2 aromatic rings. The van der Waals surface area contributed by atoms with Gasteiger partial charge in [0, 0.05) is 10.7 Å². The number of nitrogens with one attached hydrogen (secondary N) is 1. The number of rotatable bonds is 4. The third kappa shape index (κ3) is 3.14. The van der Waals surface area contributed by atoms with E-state index in [0.29, 0.717) is 5.56 Å². The number of sulfonamides is 1. The Morgan fingerprint density at radius 3 is 2.60 bits per heavy atom. The molecule has 1 heterocycles. The molecule has 0 aliphatic carbocycles. The largest absolute Gasteiger partial charge is 0.392 e. The molecule has 0 saturated carbocycles. The standard InChI is InChI=1S/C12H10BrFN2O3S/c13-9-2-1-3-10(14)12(9)16-20(18,19)11-5-4-8(7-17)6-15-11/h1-6,16-17H,7H2. The normalized spacial score (nSPS) is 11.3. The number of para-hydroxylation sites is 1. The fourth-order valence-electron chi connectivity index (χ4n) is 1.45. The molecule has 5 nitrogen and oxygen atoms in total. The molecule has 2 N–H and O–H groups in total. The molecule has 0 aliphatic heterocycles. The molecule has 0 amide bonds. The molecule has 0 bridgehead atoms. The van der Waals surface area contributed by atoms with E-state index >= 15 is 0 Å². The maximum Gasteiger partial charge on any atom is 0.279 e. The number of benzene rings is 1. The first-order valence-corrected chi connectivity index (χ1v) is 7.74. The lowest BCUT2D eigenvalue weighted by Crippen LogP contribution is -2.15. The van der Waals surface area contributed by atoms with Gasteiger partial charge in [0.15, 0.2) is 5.03 Å². The van der Waals surface area contributed by atoms with Crippen LogP contribution in [0.25, 0.3) is 0 Å². The third-order valence-electron chi connectivity index (χ3n) is 2.45. The second-order valence-corrected chi connectivity index (χ2v) is 6.35. The number of hydrogen-bond donors (Lipinski definition) is 2. The highest BCUT2D eigenvalue weighted by Crippen LogP contribution is 2.27. The van der Waals surface area contributed by atoms with Crippen LogP contribution in [-0.4, -0.2) is 18.5 Å². The van der Waals surface area contributed by atoms with Gasteiger partial charge >= 0.3 is 0 Å². The predicted molar refractivity (Wildman–Crippen MR) is 75.1 cm³/mol. The Morgan fingerprint density at radius 2 is 2.05 bits per heavy atom. The van der Waals surface area contributed by atoms with E-state index in [-0.39, 0.29) is 21.8 Å². The van der Waals surface area contributed by atoms with Crippen molar-refractivity contribution in [2.45, 2.75) is 11.6 Å². The van der Waals surface area contributed by atoms with Gasteiger partial charge in [0.25, 0.3) is 10.0 Å². The van der Waals surface area contributed by atoms with E-state index < -0.39 is 15.8 Å². The summed E-state index contributed by atoms with van der Waals surface area (Å²) in [4.78, 5) is 3.73. The Morgan fingerprint density at radius 1 is 1.30 bits per heavy atom. The van der Waals surface area contributed by atoms with Crippen molar-refractivity contribution in [1.82, 2.24) is 4.98 Å². The first kappa shape index (κ1) is 14.9. The van der Waals surface area contributed by atoms with E-state index in [1.54, 1.807) is 0 Å². The van der Waals surface area contributed by atoms with Crippen molar-refractivity contribution in [3.63, 3.8) is 0 Å². The van der Waals surface area contributed by atoms with Crippen molar-refractivity contribution in [3.05, 3.63) is 52.4 Å². The van der Waals surface area contributed by atoms with Crippen molar-refractivity contribution < 1.29 is 17.9 Å². The lowest BCUT2D eigenvalue weighted by Gasteiger charge is -2.10. The summed E-state index contributed by atoms with van der Waals surface area (Å²) in [5.41, 5.74) is 0.302. The second kappa shape index (κ2) is 5.86. The molecule has 0 spiro atoms. The summed E-state index contributed by atoms with van der Waals surface area (Å²) in [7, 11) is -4.00. The SMILES string of the molecule is O=S(=O)(Nc1c(F)cccc1Br)c1ccc(CO)cn1. The zero-order chi connectivity index (χ0) is 14.8. The van der Waals surface area contributed by atoms with Crippen LogP contribution in [0.15, 0.2) is 46.0 Å². The molecule has 8 heteroatoms. The van der Waals surface area contributed by atoms with Gasteiger partial charge in [-0.1, -0.05) is 12.1 Å². The van der Waals surface area contributed by atoms with Gasteiger partial charge in [0.1, 0.15) is 5.82 Å². The second-order valence-electron chi connectivity index (χ2n) is 3.86. The molecule has 1 aromatic carbocycles. The highest BCUT2D eigenvalue weighted by atomic mass is 79.9. The van der Waals surface area contributed by atoms with Crippen LogP contribution in [0.2, 0.25) is 0 Å². The number of halogens is 2. The van der Waals surface area contributed by atoms with Crippen LogP contribution in [0, 0.1) is 5.82 Å². The smallest absolute Gasteiger partial charge is 0.279 e. The first-order chi connectivity index (χ1) is 9.44. The van der Waals surface area contributed by atoms with E-state index in [2.05, 4.69) is 25.6 Å². The van der Waals surface area contributed by atoms with E-state index in [0.717, 1.165) is 6.07 Å². The summed E-state index contributed by atoms with van der Waals surface area (Å²) in [5, 5.41) is 8.62. The van der Waals surface area contributed by atoms with Crippen LogP contribution < -0.4 is 4.72 Å². The summed E-state index contributed by atoms with van der Waals surface area (Å²) in [6, 6.07) is 6.78. The Balaban J connectivity index is 2.35. The third-order valence-corrected chi connectivity index (χ3v) is 4.38. The van der Waals surface area contributed by atoms with Gasteiger partial charge in [-0.3, -0.25) is 4.72 Å². The van der Waals surface area contributed by atoms with Crippen LogP contribution in [0.1, 0.15) is 5.56 Å². The molecule has 1 aromatic heterocycles. The minimum atomic E-state index is -4.00. The van der Waals surface area contributed by atoms with Gasteiger partial charge in [0.05, 0.1) is 12.3 Å². The highest BCUT2D eigenvalue weighted by Gasteiger charge is 2.19. The summed E-state index contributed by atoms with van der Waals surface area (Å²) < 4.78 is 40.2. The minimum absolute atomic E-state index is 0.180. The van der Waals surface area contributed by atoms with Gasteiger partial charge < -0.3 is 5.11 Å². The number of anilines is 1. The summed E-state index contributed by atoms with van der Waals surface area (Å²) in [5.74, 6) is -0.699. The number of nitrogens with zero attached hydrogens (tertiary/aromatic N) is 1. The van der Waals surface area contributed by atoms with E-state index in [4.69, 9.17) is 5.11 Å². The maximum atomic E-state index is 13.6. The Kier molecular flexibility index (Phi) is 4.36. The lowest BCUT2D eigenvalue weighted by atomic mass is 10.3. The molecule has 0 atom stereocenters. The van der Waals surface area contributed by atoms with Crippen LogP contribution in [0.4, 0.5) is 10.1 Å². The average molecular weight is 361 g/mol. The van der Waals surface area contributed by atoms with E-state index in [1.807, 2.05) is 0 Å². The molecule has 0 radical (unpaired) electrons. The number of pyridine rings is 1. The summed E-state index contributed by atoms with van der Waals surface area (Å²) in [6.07, 6.45) is 1.24. The summed E-state index contributed by atoms with van der Waals surface area (Å²) in [6.45, 7) is -0.236. The van der Waals surface area contributed by atoms with Gasteiger partial charge in [-0.05, 0) is 39.7 Å². The van der Waals surface area contributed by atoms with Crippen LogP contribution in [0.3, 0.4) is 0 Å². The maximum absolute atomic E-state index is 13.6. The molecule has 0 fully saturated rings. The van der Waals surface area contributed by atoms with E-state index in [9.17, 15) is 12.8 Å². The average Bonchev–Trinajstić information content (AvgIpc) is 2.43. The Hall–Kier alpha value is -1.51. The fraction of sp³-hybridized carbons (Fsp3) is 0.0833. The molecule has 20 heavy (non-hydrogen) atoms. The molecule has 106 valence electrons. The quantitative estimate of drug-likeness (QED) is 0.876. The van der Waals surface area contributed by atoms with Gasteiger partial charge in [-0.15, -0.1) is 0 Å². The molecule has 0 aliphatic rings. The molecule has 0 unspecified atom stereocenters. The fourth-order valence-corrected chi connectivity index (χ4v) is 3.04. The van der Waals surface area contributed by atoms with Crippen LogP contribution in [-0.2, 0) is 16.6 Å². The molecule has 0 saturated heterocycles. The Bertz CT molecular complexity index is 700. The number of aliphatic hydroxyl groups is 1. The zero-order valence-electron chi connectivity index (χ0n) is 10.0. The topological polar surface area (TPSA) is 79.3 Å². The van der Waals surface area contributed by atoms with Crippen molar-refractivity contribution >= 4 is 31.6 Å². The van der Waals surface area contributed by atoms with Crippen molar-refractivity contribution in [2.24, 2.45) is 0 Å². The van der Waals surface area contributed by atoms with Crippen LogP contribution >= 0.6 is 15.9 Å². The van der Waals surface area contributed by atoms with Gasteiger partial charge in [-0.2, -0.15) is 8.42 Å². The van der Waals surface area contributed by atoms with Crippen molar-refractivity contribution in [1.29, 1.82) is 0 Å². The Labute approximate surface area is 123 Å². The highest BCUT2D eigenvalue weighted by molar-refractivity contribution is 9.10. The number of hydrogen-bond acceptors (Lipinski definition) is 4. The first-order valence-electron chi connectivity index (χ1n) is 5.46. The van der Waals surface area contributed by atoms with Crippen LogP contribution in [0.5, 0.6) is 0 Å². The van der Waals surface area contributed by atoms with Crippen molar-refractivity contribution in [3.8, 4) is 0 Å². The molecular weight excluding hydrogens is 351 g/mol. The number of aliphatic hydroxyl groups excluding tert-OH is 1. The van der Waals surface area contributed by atoms with E-state index in [1.165, 1.54) is 30.5 Å². The predicted octanol–water partition coefficient (Wildman–Crippen LogP) is 2.28. The molecular formula is C12H10BrFN2O3S. The lowest BCUT2D eigenvalue weighted by molar-refractivity contribution is 0.281.